The molecule has 1 aliphatic rings. The predicted molar refractivity (Wildman–Crippen MR) is 128 cm³/mol. The molecule has 0 saturated carbocycles. The van der Waals surface area contributed by atoms with E-state index in [2.05, 4.69) is 25.6 Å². The maximum Gasteiger partial charge on any atom is 0.419 e. The number of hydrogen-bond donors (Lipinski definition) is 3. The van der Waals surface area contributed by atoms with Gasteiger partial charge in [0, 0.05) is 35.4 Å². The minimum Gasteiger partial charge on any atom is -0.377 e. The minimum absolute atomic E-state index is 0.0305. The predicted octanol–water partition coefficient (Wildman–Crippen LogP) is 3.94. The standard InChI is InChI=1S/C23H26F3N6O2P/c1-22(2)12-34-11-14(8-30-22)31-21-29-10-17(23(24,25)26)18(32-21)16-9-28-19-15(16)6-5-13(7-27)20(19)35(3,4)33/h5-6,9-10,14,28,30H,8,11-12H2,1-4H3,(H,29,31,32). The normalized spacial score (nSPS) is 18.7. The molecule has 1 aliphatic heterocycles. The van der Waals surface area contributed by atoms with Gasteiger partial charge in [0.15, 0.2) is 0 Å². The Hall–Kier alpha value is -2.93. The Balaban J connectivity index is 1.82. The number of nitriles is 1. The number of rotatable bonds is 4. The van der Waals surface area contributed by atoms with Gasteiger partial charge >= 0.3 is 6.18 Å². The van der Waals surface area contributed by atoms with Gasteiger partial charge in [-0.3, -0.25) is 0 Å². The van der Waals surface area contributed by atoms with Crippen LogP contribution in [0.2, 0.25) is 0 Å². The van der Waals surface area contributed by atoms with Crippen LogP contribution in [0.15, 0.2) is 24.5 Å². The molecule has 8 nitrogen and oxygen atoms in total. The molecule has 0 bridgehead atoms. The van der Waals surface area contributed by atoms with E-state index < -0.39 is 18.9 Å². The van der Waals surface area contributed by atoms with Crippen molar-refractivity contribution >= 4 is 29.3 Å². The van der Waals surface area contributed by atoms with Gasteiger partial charge in [0.1, 0.15) is 12.7 Å². The third-order valence-electron chi connectivity index (χ3n) is 5.78. The summed E-state index contributed by atoms with van der Waals surface area (Å²) >= 11 is 0. The lowest BCUT2D eigenvalue weighted by molar-refractivity contribution is -0.137. The second-order valence-corrected chi connectivity index (χ2v) is 12.8. The van der Waals surface area contributed by atoms with Crippen molar-refractivity contribution in [2.45, 2.75) is 31.6 Å². The molecule has 0 aliphatic carbocycles. The van der Waals surface area contributed by atoms with E-state index in [4.69, 9.17) is 4.74 Å². The largest absolute Gasteiger partial charge is 0.419 e. The quantitative estimate of drug-likeness (QED) is 0.459. The fraction of sp³-hybridized carbons (Fsp3) is 0.435. The molecule has 1 aromatic carbocycles. The Labute approximate surface area is 200 Å². The summed E-state index contributed by atoms with van der Waals surface area (Å²) in [5, 5.41) is 16.6. The van der Waals surface area contributed by atoms with Crippen LogP contribution in [0.5, 0.6) is 0 Å². The van der Waals surface area contributed by atoms with Crippen molar-refractivity contribution in [2.75, 3.05) is 38.4 Å². The van der Waals surface area contributed by atoms with Crippen molar-refractivity contribution in [3.8, 4) is 17.3 Å². The monoisotopic (exact) mass is 506 g/mol. The van der Waals surface area contributed by atoms with E-state index in [0.29, 0.717) is 36.0 Å². The van der Waals surface area contributed by atoms with Crippen LogP contribution in [0.3, 0.4) is 0 Å². The zero-order valence-corrected chi connectivity index (χ0v) is 20.6. The lowest BCUT2D eigenvalue weighted by Gasteiger charge is -2.23. The number of aromatic amines is 1. The SMILES string of the molecule is CC1(C)COCC(Nc2ncc(C(F)(F)F)c(-c3c[nH]c4c(P(C)(C)=O)c(C#N)ccc34)n2)CN1. The lowest BCUT2D eigenvalue weighted by Crippen LogP contribution is -2.45. The smallest absolute Gasteiger partial charge is 0.377 e. The zero-order valence-electron chi connectivity index (χ0n) is 19.7. The van der Waals surface area contributed by atoms with E-state index in [1.54, 1.807) is 6.07 Å². The molecule has 2 aromatic heterocycles. The maximum atomic E-state index is 13.9. The van der Waals surface area contributed by atoms with Crippen molar-refractivity contribution in [3.63, 3.8) is 0 Å². The van der Waals surface area contributed by atoms with Crippen LogP contribution in [-0.2, 0) is 15.5 Å². The number of ether oxygens (including phenoxy) is 1. The van der Waals surface area contributed by atoms with Gasteiger partial charge in [0.2, 0.25) is 5.95 Å². The van der Waals surface area contributed by atoms with Crippen molar-refractivity contribution in [1.29, 1.82) is 5.26 Å². The minimum atomic E-state index is -4.70. The van der Waals surface area contributed by atoms with E-state index in [0.717, 1.165) is 6.20 Å². The number of aromatic nitrogens is 3. The molecule has 3 aromatic rings. The van der Waals surface area contributed by atoms with Crippen LogP contribution < -0.4 is 15.9 Å². The number of nitrogens with zero attached hydrogens (tertiary/aromatic N) is 3. The zero-order chi connectivity index (χ0) is 25.6. The molecule has 3 heterocycles. The molecule has 35 heavy (non-hydrogen) atoms. The highest BCUT2D eigenvalue weighted by Crippen LogP contribution is 2.42. The first-order valence-electron chi connectivity index (χ1n) is 10.9. The van der Waals surface area contributed by atoms with Gasteiger partial charge in [-0.25, -0.2) is 9.97 Å². The summed E-state index contributed by atoms with van der Waals surface area (Å²) in [6.07, 6.45) is -2.55. The number of H-pyrrole nitrogens is 1. The number of alkyl halides is 3. The van der Waals surface area contributed by atoms with Crippen LogP contribution in [-0.4, -0.2) is 59.6 Å². The Morgan fingerprint density at radius 1 is 1.31 bits per heavy atom. The second kappa shape index (κ2) is 8.94. The van der Waals surface area contributed by atoms with E-state index >= 15 is 0 Å². The summed E-state index contributed by atoms with van der Waals surface area (Å²) in [5.74, 6) is 0.0305. The number of fused-ring (bicyclic) bond motifs is 1. The van der Waals surface area contributed by atoms with Crippen LogP contribution in [0.25, 0.3) is 22.2 Å². The highest BCUT2D eigenvalue weighted by Gasteiger charge is 2.37. The van der Waals surface area contributed by atoms with Crippen molar-refractivity contribution < 1.29 is 22.5 Å². The summed E-state index contributed by atoms with van der Waals surface area (Å²) in [4.78, 5) is 11.1. The first-order valence-corrected chi connectivity index (χ1v) is 13.5. The molecule has 186 valence electrons. The van der Waals surface area contributed by atoms with E-state index in [1.165, 1.54) is 25.6 Å². The Morgan fingerprint density at radius 2 is 2.06 bits per heavy atom. The average molecular weight is 506 g/mol. The summed E-state index contributed by atoms with van der Waals surface area (Å²) in [6.45, 7) is 8.37. The van der Waals surface area contributed by atoms with Gasteiger partial charge in [-0.1, -0.05) is 6.07 Å². The maximum absolute atomic E-state index is 13.9. The Morgan fingerprint density at radius 3 is 2.71 bits per heavy atom. The van der Waals surface area contributed by atoms with Gasteiger partial charge in [-0.05, 0) is 33.2 Å². The van der Waals surface area contributed by atoms with Gasteiger partial charge in [-0.2, -0.15) is 18.4 Å². The summed E-state index contributed by atoms with van der Waals surface area (Å²) in [5.41, 5.74) is -0.802. The number of halogens is 3. The van der Waals surface area contributed by atoms with E-state index in [9.17, 15) is 23.0 Å². The van der Waals surface area contributed by atoms with E-state index in [-0.39, 0.29) is 34.3 Å². The third kappa shape index (κ3) is 5.20. The summed E-state index contributed by atoms with van der Waals surface area (Å²) in [7, 11) is -2.93. The fourth-order valence-electron chi connectivity index (χ4n) is 4.13. The van der Waals surface area contributed by atoms with Crippen LogP contribution >= 0.6 is 7.14 Å². The first-order chi connectivity index (χ1) is 16.3. The van der Waals surface area contributed by atoms with Crippen molar-refractivity contribution in [3.05, 3.63) is 35.7 Å². The Bertz CT molecular complexity index is 1360. The van der Waals surface area contributed by atoms with Crippen LogP contribution in [0, 0.1) is 11.3 Å². The molecule has 1 unspecified atom stereocenters. The van der Waals surface area contributed by atoms with Crippen molar-refractivity contribution in [2.24, 2.45) is 0 Å². The number of nitrogens with one attached hydrogen (secondary N) is 3. The topological polar surface area (TPSA) is 116 Å². The molecule has 0 radical (unpaired) electrons. The molecular weight excluding hydrogens is 480 g/mol. The first kappa shape index (κ1) is 25.2. The lowest BCUT2D eigenvalue weighted by atomic mass is 10.0. The highest BCUT2D eigenvalue weighted by molar-refractivity contribution is 7.70. The number of anilines is 1. The summed E-state index contributed by atoms with van der Waals surface area (Å²) < 4.78 is 60.4. The molecule has 3 N–H and O–H groups in total. The van der Waals surface area contributed by atoms with Crippen LogP contribution in [0.1, 0.15) is 25.0 Å². The van der Waals surface area contributed by atoms with Crippen molar-refractivity contribution in [1.82, 2.24) is 20.3 Å². The molecule has 0 amide bonds. The second-order valence-electron chi connectivity index (χ2n) is 9.62. The highest BCUT2D eigenvalue weighted by atomic mass is 31.2. The number of benzene rings is 1. The van der Waals surface area contributed by atoms with Crippen LogP contribution in [0.4, 0.5) is 19.1 Å². The van der Waals surface area contributed by atoms with E-state index in [1.807, 2.05) is 19.9 Å². The average Bonchev–Trinajstić information content (AvgIpc) is 3.10. The Kier molecular flexibility index (Phi) is 6.43. The molecule has 1 atom stereocenters. The molecule has 1 saturated heterocycles. The van der Waals surface area contributed by atoms with Gasteiger partial charge in [0.05, 0.1) is 47.4 Å². The summed E-state index contributed by atoms with van der Waals surface area (Å²) in [6, 6.07) is 4.78. The molecule has 0 spiro atoms. The fourth-order valence-corrected chi connectivity index (χ4v) is 5.56. The number of hydrogen-bond acceptors (Lipinski definition) is 7. The molecule has 1 fully saturated rings. The third-order valence-corrected chi connectivity index (χ3v) is 7.32. The molecule has 4 rings (SSSR count). The van der Waals surface area contributed by atoms with Gasteiger partial charge in [0.25, 0.3) is 0 Å². The van der Waals surface area contributed by atoms with Gasteiger partial charge < -0.3 is 24.9 Å². The molecular formula is C23H26F3N6O2P. The van der Waals surface area contributed by atoms with Gasteiger partial charge in [-0.15, -0.1) is 0 Å². The molecule has 12 heteroatoms.